The van der Waals surface area contributed by atoms with E-state index in [4.69, 9.17) is 15.8 Å². The van der Waals surface area contributed by atoms with Crippen LogP contribution in [0.3, 0.4) is 0 Å². The van der Waals surface area contributed by atoms with Crippen LogP contribution in [0.15, 0.2) is 42.5 Å². The number of hydrogen-bond donors (Lipinski definition) is 0. The van der Waals surface area contributed by atoms with Crippen molar-refractivity contribution in [2.24, 2.45) is 0 Å². The van der Waals surface area contributed by atoms with Gasteiger partial charge < -0.3 is 4.90 Å². The monoisotopic (exact) mass is 585 g/mol. The number of amides is 1. The van der Waals surface area contributed by atoms with Gasteiger partial charge in [0.05, 0.1) is 30.4 Å². The topological polar surface area (TPSA) is 63.7 Å². The molecule has 2 aromatic carbocycles. The van der Waals surface area contributed by atoms with Gasteiger partial charge in [0.1, 0.15) is 0 Å². The van der Waals surface area contributed by atoms with Gasteiger partial charge >= 0.3 is 12.4 Å². The second-order valence-electron chi connectivity index (χ2n) is 9.43. The van der Waals surface area contributed by atoms with Crippen LogP contribution in [-0.4, -0.2) is 45.2 Å². The Hall–Kier alpha value is -2.31. The molecule has 0 unspecified atom stereocenters. The Morgan fingerprint density at radius 1 is 1.03 bits per heavy atom. The molecule has 5 nitrogen and oxygen atoms in total. The lowest BCUT2D eigenvalue weighted by Crippen LogP contribution is -2.44. The summed E-state index contributed by atoms with van der Waals surface area (Å²) < 4.78 is 108. The quantitative estimate of drug-likeness (QED) is 0.285. The molecular weight excluding hydrogens is 560 g/mol. The molecule has 1 fully saturated rings. The molecule has 38 heavy (non-hydrogen) atoms. The second kappa shape index (κ2) is 11.4. The summed E-state index contributed by atoms with van der Waals surface area (Å²) in [4.78, 5) is 14.7. The Balaban J connectivity index is 1.93. The first kappa shape index (κ1) is 30.2. The van der Waals surface area contributed by atoms with Gasteiger partial charge in [-0.3, -0.25) is 8.98 Å². The third kappa shape index (κ3) is 8.09. The Labute approximate surface area is 221 Å². The van der Waals surface area contributed by atoms with E-state index < -0.39 is 56.9 Å². The smallest absolute Gasteiger partial charge is 0.342 e. The highest BCUT2D eigenvalue weighted by Gasteiger charge is 2.39. The van der Waals surface area contributed by atoms with Crippen molar-refractivity contribution in [3.63, 3.8) is 0 Å². The second-order valence-corrected chi connectivity index (χ2v) is 11.5. The van der Waals surface area contributed by atoms with Gasteiger partial charge in [0.15, 0.2) is 0 Å². The van der Waals surface area contributed by atoms with E-state index >= 15 is 0 Å². The summed E-state index contributed by atoms with van der Waals surface area (Å²) in [5, 5.41) is 0.414. The molecular formula is C25H26ClF6NO4S. The van der Waals surface area contributed by atoms with E-state index in [1.54, 1.807) is 24.3 Å². The Kier molecular flexibility index (Phi) is 9.09. The molecule has 0 radical (unpaired) electrons. The maximum Gasteiger partial charge on any atom is 0.416 e. The fourth-order valence-corrected chi connectivity index (χ4v) is 5.28. The van der Waals surface area contributed by atoms with Gasteiger partial charge in [0.25, 0.3) is 10.1 Å². The van der Waals surface area contributed by atoms with Crippen molar-refractivity contribution in [1.82, 2.24) is 4.90 Å². The van der Waals surface area contributed by atoms with E-state index in [1.807, 2.05) is 0 Å². The zero-order valence-electron chi connectivity index (χ0n) is 20.3. The molecule has 0 saturated carbocycles. The van der Waals surface area contributed by atoms with Crippen LogP contribution < -0.4 is 0 Å². The molecule has 2 aromatic rings. The first-order valence-electron chi connectivity index (χ1n) is 11.7. The van der Waals surface area contributed by atoms with E-state index in [9.17, 15) is 39.6 Å². The van der Waals surface area contributed by atoms with Crippen LogP contribution in [0.2, 0.25) is 5.02 Å². The largest absolute Gasteiger partial charge is 0.416 e. The molecule has 210 valence electrons. The molecule has 0 aromatic heterocycles. The maximum absolute atomic E-state index is 13.3. The summed E-state index contributed by atoms with van der Waals surface area (Å²) in [6.45, 7) is 0.111. The third-order valence-corrected chi connectivity index (χ3v) is 7.33. The van der Waals surface area contributed by atoms with Gasteiger partial charge in [0, 0.05) is 23.5 Å². The van der Waals surface area contributed by atoms with Gasteiger partial charge in [-0.15, -0.1) is 0 Å². The molecule has 1 atom stereocenters. The fourth-order valence-electron chi connectivity index (χ4n) is 4.70. The van der Waals surface area contributed by atoms with Crippen LogP contribution in [0.1, 0.15) is 47.9 Å². The summed E-state index contributed by atoms with van der Waals surface area (Å²) in [5.74, 6) is -0.644. The maximum atomic E-state index is 13.3. The zero-order chi connectivity index (χ0) is 28.4. The Morgan fingerprint density at radius 2 is 1.66 bits per heavy atom. The van der Waals surface area contributed by atoms with Crippen molar-refractivity contribution in [2.75, 3.05) is 26.0 Å². The number of benzene rings is 2. The SMILES string of the molecule is CS(=O)(=O)OCC[C@]1(c2cccc(Cl)c2)CCCCN(C(=O)Cc2cc(C(F)(F)F)cc(C(F)(F)F)c2)C1. The van der Waals surface area contributed by atoms with Crippen LogP contribution in [0.4, 0.5) is 26.3 Å². The lowest BCUT2D eigenvalue weighted by molar-refractivity contribution is -0.143. The number of hydrogen-bond acceptors (Lipinski definition) is 4. The van der Waals surface area contributed by atoms with Gasteiger partial charge in [-0.05, 0) is 60.7 Å². The van der Waals surface area contributed by atoms with Gasteiger partial charge in [0.2, 0.25) is 5.91 Å². The molecule has 1 saturated heterocycles. The molecule has 3 rings (SSSR count). The van der Waals surface area contributed by atoms with Crippen LogP contribution in [0.25, 0.3) is 0 Å². The summed E-state index contributed by atoms with van der Waals surface area (Å²) >= 11 is 6.19. The molecule has 0 aliphatic carbocycles. The minimum atomic E-state index is -5.02. The number of carbonyl (C=O) groups is 1. The van der Waals surface area contributed by atoms with Crippen LogP contribution in [0, 0.1) is 0 Å². The predicted molar refractivity (Wildman–Crippen MR) is 129 cm³/mol. The van der Waals surface area contributed by atoms with Crippen molar-refractivity contribution >= 4 is 27.6 Å². The molecule has 1 aliphatic heterocycles. The van der Waals surface area contributed by atoms with E-state index in [1.165, 1.54) is 4.90 Å². The first-order valence-corrected chi connectivity index (χ1v) is 13.8. The van der Waals surface area contributed by atoms with Crippen LogP contribution >= 0.6 is 11.6 Å². The van der Waals surface area contributed by atoms with E-state index in [2.05, 4.69) is 0 Å². The van der Waals surface area contributed by atoms with Crippen molar-refractivity contribution in [3.8, 4) is 0 Å². The predicted octanol–water partition coefficient (Wildman–Crippen LogP) is 6.24. The number of nitrogens with zero attached hydrogens (tertiary/aromatic N) is 1. The normalized spacial score (nSPS) is 19.3. The molecule has 0 bridgehead atoms. The average Bonchev–Trinajstić information content (AvgIpc) is 3.01. The molecule has 0 N–H and O–H groups in total. The molecule has 1 heterocycles. The van der Waals surface area contributed by atoms with Gasteiger partial charge in [-0.25, -0.2) is 0 Å². The highest BCUT2D eigenvalue weighted by atomic mass is 35.5. The van der Waals surface area contributed by atoms with Crippen LogP contribution in [-0.2, 0) is 43.3 Å². The van der Waals surface area contributed by atoms with Crippen molar-refractivity contribution in [1.29, 1.82) is 0 Å². The number of alkyl halides is 6. The van der Waals surface area contributed by atoms with E-state index in [-0.39, 0.29) is 32.2 Å². The van der Waals surface area contributed by atoms with Crippen LogP contribution in [0.5, 0.6) is 0 Å². The summed E-state index contributed by atoms with van der Waals surface area (Å²) in [6, 6.07) is 7.95. The zero-order valence-corrected chi connectivity index (χ0v) is 21.9. The molecule has 1 aliphatic rings. The number of halogens is 7. The molecule has 13 heteroatoms. The third-order valence-electron chi connectivity index (χ3n) is 6.50. The van der Waals surface area contributed by atoms with Crippen molar-refractivity contribution < 1.29 is 43.7 Å². The van der Waals surface area contributed by atoms with Gasteiger partial charge in [-0.1, -0.05) is 30.2 Å². The Bertz CT molecular complexity index is 1230. The van der Waals surface area contributed by atoms with Gasteiger partial charge in [-0.2, -0.15) is 34.8 Å². The van der Waals surface area contributed by atoms with Crippen molar-refractivity contribution in [3.05, 3.63) is 69.7 Å². The number of carbonyl (C=O) groups excluding carboxylic acids is 1. The fraction of sp³-hybridized carbons (Fsp3) is 0.480. The van der Waals surface area contributed by atoms with E-state index in [0.717, 1.165) is 11.8 Å². The first-order chi connectivity index (χ1) is 17.5. The van der Waals surface area contributed by atoms with E-state index in [0.29, 0.717) is 36.4 Å². The molecule has 0 spiro atoms. The number of rotatable bonds is 7. The lowest BCUT2D eigenvalue weighted by Gasteiger charge is -2.37. The minimum Gasteiger partial charge on any atom is -0.342 e. The average molecular weight is 586 g/mol. The summed E-state index contributed by atoms with van der Waals surface area (Å²) in [5.41, 5.74) is -3.46. The summed E-state index contributed by atoms with van der Waals surface area (Å²) in [6.07, 6.45) is -7.91. The Morgan fingerprint density at radius 3 is 2.21 bits per heavy atom. The number of likely N-dealkylation sites (tertiary alicyclic amines) is 1. The van der Waals surface area contributed by atoms with Crippen molar-refractivity contribution in [2.45, 2.75) is 49.9 Å². The minimum absolute atomic E-state index is 0.0197. The highest BCUT2D eigenvalue weighted by Crippen LogP contribution is 2.39. The molecule has 1 amide bonds. The standard InChI is InChI=1S/C25H26ClF6NO4S/c1-38(35,36)37-10-8-23(18-5-4-6-21(26)15-18)7-2-3-9-33(16-23)22(34)13-17-11-19(24(27,28)29)14-20(12-17)25(30,31)32/h4-6,11-12,14-15H,2-3,7-10,13,16H2,1H3/t23-/m1/s1. The lowest BCUT2D eigenvalue weighted by atomic mass is 9.74. The summed E-state index contributed by atoms with van der Waals surface area (Å²) in [7, 11) is -3.74. The highest BCUT2D eigenvalue weighted by molar-refractivity contribution is 7.85.